The average molecular weight is 333 g/mol. The fourth-order valence-electron chi connectivity index (χ4n) is 1.85. The molecule has 0 aliphatic carbocycles. The van der Waals surface area contributed by atoms with Crippen molar-refractivity contribution in [3.63, 3.8) is 0 Å². The van der Waals surface area contributed by atoms with Crippen molar-refractivity contribution in [3.8, 4) is 11.5 Å². The van der Waals surface area contributed by atoms with Crippen LogP contribution >= 0.6 is 11.6 Å². The Labute approximate surface area is 139 Å². The molecule has 4 nitrogen and oxygen atoms in total. The van der Waals surface area contributed by atoms with Crippen LogP contribution in [0.4, 0.5) is 0 Å². The lowest BCUT2D eigenvalue weighted by Crippen LogP contribution is -1.98. The summed E-state index contributed by atoms with van der Waals surface area (Å²) in [5.74, 6) is 0.111. The molecule has 2 aromatic rings. The van der Waals surface area contributed by atoms with Gasteiger partial charge < -0.3 is 14.6 Å². The van der Waals surface area contributed by atoms with Crippen LogP contribution in [0.1, 0.15) is 18.1 Å². The Morgan fingerprint density at radius 3 is 2.61 bits per heavy atom. The number of esters is 1. The van der Waals surface area contributed by atoms with E-state index in [4.69, 9.17) is 21.1 Å². The average Bonchev–Trinajstić information content (AvgIpc) is 2.54. The number of hydrogen-bond acceptors (Lipinski definition) is 4. The van der Waals surface area contributed by atoms with Gasteiger partial charge >= 0.3 is 5.97 Å². The zero-order valence-corrected chi connectivity index (χ0v) is 13.4. The van der Waals surface area contributed by atoms with Gasteiger partial charge in [-0.05, 0) is 42.8 Å². The largest absolute Gasteiger partial charge is 0.507 e. The molecule has 0 atom stereocenters. The summed E-state index contributed by atoms with van der Waals surface area (Å²) in [4.78, 5) is 11.3. The Hall–Kier alpha value is -2.46. The molecule has 0 radical (unpaired) electrons. The van der Waals surface area contributed by atoms with Gasteiger partial charge in [0.05, 0.1) is 6.61 Å². The third kappa shape index (κ3) is 5.34. The van der Waals surface area contributed by atoms with E-state index >= 15 is 0 Å². The van der Waals surface area contributed by atoms with Gasteiger partial charge in [0.2, 0.25) is 0 Å². The van der Waals surface area contributed by atoms with Crippen LogP contribution in [0.2, 0.25) is 5.02 Å². The van der Waals surface area contributed by atoms with Crippen molar-refractivity contribution in [2.24, 2.45) is 0 Å². The third-order valence-electron chi connectivity index (χ3n) is 3.01. The lowest BCUT2D eigenvalue weighted by atomic mass is 10.1. The highest BCUT2D eigenvalue weighted by molar-refractivity contribution is 6.30. The van der Waals surface area contributed by atoms with E-state index in [0.717, 1.165) is 5.56 Å². The van der Waals surface area contributed by atoms with Gasteiger partial charge in [-0.15, -0.1) is 0 Å². The minimum Gasteiger partial charge on any atom is -0.507 e. The highest BCUT2D eigenvalue weighted by Crippen LogP contribution is 2.25. The van der Waals surface area contributed by atoms with E-state index in [9.17, 15) is 9.90 Å². The number of carbonyl (C=O) groups is 1. The van der Waals surface area contributed by atoms with Crippen LogP contribution in [0.25, 0.3) is 6.08 Å². The summed E-state index contributed by atoms with van der Waals surface area (Å²) in [7, 11) is 0. The maximum absolute atomic E-state index is 11.3. The first kappa shape index (κ1) is 16.9. The number of phenols is 1. The number of benzene rings is 2. The number of aromatic hydroxyl groups is 1. The zero-order chi connectivity index (χ0) is 16.7. The second kappa shape index (κ2) is 8.25. The first-order valence-electron chi connectivity index (χ1n) is 7.13. The SMILES string of the molecule is CCOC(=O)/C=C/c1ccc(OCc2ccc(Cl)cc2)cc1O. The molecule has 120 valence electrons. The van der Waals surface area contributed by atoms with Crippen molar-refractivity contribution < 1.29 is 19.4 Å². The van der Waals surface area contributed by atoms with E-state index < -0.39 is 5.97 Å². The minimum atomic E-state index is -0.449. The second-order valence-electron chi connectivity index (χ2n) is 4.72. The van der Waals surface area contributed by atoms with E-state index in [1.807, 2.05) is 12.1 Å². The van der Waals surface area contributed by atoms with Gasteiger partial charge in [0.25, 0.3) is 0 Å². The number of halogens is 1. The normalized spacial score (nSPS) is 10.7. The Morgan fingerprint density at radius 2 is 1.96 bits per heavy atom. The predicted octanol–water partition coefficient (Wildman–Crippen LogP) is 4.20. The third-order valence-corrected chi connectivity index (χ3v) is 3.26. The number of rotatable bonds is 6. The molecule has 0 fully saturated rings. The maximum Gasteiger partial charge on any atom is 0.330 e. The Balaban J connectivity index is 1.98. The smallest absolute Gasteiger partial charge is 0.330 e. The standard InChI is InChI=1S/C18H17ClO4/c1-2-22-18(21)10-6-14-5-9-16(11-17(14)20)23-12-13-3-7-15(19)8-4-13/h3-11,20H,2,12H2,1H3/b10-6+. The molecule has 5 heteroatoms. The van der Waals surface area contributed by atoms with Crippen LogP contribution < -0.4 is 4.74 Å². The Morgan fingerprint density at radius 1 is 1.22 bits per heavy atom. The lowest BCUT2D eigenvalue weighted by molar-refractivity contribution is -0.137. The maximum atomic E-state index is 11.3. The summed E-state index contributed by atoms with van der Waals surface area (Å²) in [5, 5.41) is 10.6. The molecule has 0 aliphatic rings. The van der Waals surface area contributed by atoms with Crippen LogP contribution in [-0.2, 0) is 16.1 Å². The highest BCUT2D eigenvalue weighted by Gasteiger charge is 2.03. The summed E-state index contributed by atoms with van der Waals surface area (Å²) < 4.78 is 10.4. The van der Waals surface area contributed by atoms with Gasteiger partial charge in [-0.25, -0.2) is 4.79 Å². The lowest BCUT2D eigenvalue weighted by Gasteiger charge is -2.08. The van der Waals surface area contributed by atoms with Gasteiger partial charge in [-0.2, -0.15) is 0 Å². The topological polar surface area (TPSA) is 55.8 Å². The van der Waals surface area contributed by atoms with Crippen LogP contribution in [0, 0.1) is 0 Å². The highest BCUT2D eigenvalue weighted by atomic mass is 35.5. The van der Waals surface area contributed by atoms with Gasteiger partial charge in [-0.1, -0.05) is 23.7 Å². The molecule has 1 N–H and O–H groups in total. The fourth-order valence-corrected chi connectivity index (χ4v) is 1.98. The van der Waals surface area contributed by atoms with E-state index in [0.29, 0.717) is 29.5 Å². The summed E-state index contributed by atoms with van der Waals surface area (Å²) in [6.07, 6.45) is 2.77. The van der Waals surface area contributed by atoms with Crippen molar-refractivity contribution >= 4 is 23.6 Å². The van der Waals surface area contributed by atoms with Crippen molar-refractivity contribution in [1.29, 1.82) is 0 Å². The molecule has 2 rings (SSSR count). The molecule has 0 spiro atoms. The van der Waals surface area contributed by atoms with E-state index in [2.05, 4.69) is 0 Å². The number of phenolic OH excluding ortho intramolecular Hbond substituents is 1. The van der Waals surface area contributed by atoms with Gasteiger partial charge in [0, 0.05) is 22.7 Å². The number of carbonyl (C=O) groups excluding carboxylic acids is 1. The molecule has 2 aromatic carbocycles. The first-order chi connectivity index (χ1) is 11.1. The summed E-state index contributed by atoms with van der Waals surface area (Å²) in [5.41, 5.74) is 1.48. The zero-order valence-electron chi connectivity index (χ0n) is 12.7. The molecule has 0 aliphatic heterocycles. The van der Waals surface area contributed by atoms with Crippen molar-refractivity contribution in [3.05, 3.63) is 64.7 Å². The number of ether oxygens (including phenoxy) is 2. The Bertz CT molecular complexity index is 693. The molecule has 0 bridgehead atoms. The van der Waals surface area contributed by atoms with Crippen LogP contribution in [-0.4, -0.2) is 17.7 Å². The van der Waals surface area contributed by atoms with Gasteiger partial charge in [-0.3, -0.25) is 0 Å². The molecular formula is C18H17ClO4. The van der Waals surface area contributed by atoms with Crippen molar-refractivity contribution in [2.75, 3.05) is 6.61 Å². The van der Waals surface area contributed by atoms with E-state index in [-0.39, 0.29) is 5.75 Å². The molecule has 0 amide bonds. The first-order valence-corrected chi connectivity index (χ1v) is 7.51. The second-order valence-corrected chi connectivity index (χ2v) is 5.16. The van der Waals surface area contributed by atoms with Crippen LogP contribution in [0.5, 0.6) is 11.5 Å². The molecule has 0 saturated carbocycles. The molecule has 0 unspecified atom stereocenters. The van der Waals surface area contributed by atoms with E-state index in [1.54, 1.807) is 31.2 Å². The summed E-state index contributed by atoms with van der Waals surface area (Å²) in [6, 6.07) is 12.2. The monoisotopic (exact) mass is 332 g/mol. The number of hydrogen-bond donors (Lipinski definition) is 1. The van der Waals surface area contributed by atoms with Crippen LogP contribution in [0.3, 0.4) is 0 Å². The van der Waals surface area contributed by atoms with Crippen molar-refractivity contribution in [1.82, 2.24) is 0 Å². The summed E-state index contributed by atoms with van der Waals surface area (Å²) >= 11 is 5.83. The fraction of sp³-hybridized carbons (Fsp3) is 0.167. The van der Waals surface area contributed by atoms with Gasteiger partial charge in [0.15, 0.2) is 0 Å². The molecule has 0 heterocycles. The molecule has 0 saturated heterocycles. The van der Waals surface area contributed by atoms with E-state index in [1.165, 1.54) is 18.2 Å². The Kier molecular flexibility index (Phi) is 6.06. The molecular weight excluding hydrogens is 316 g/mol. The molecule has 23 heavy (non-hydrogen) atoms. The predicted molar refractivity (Wildman–Crippen MR) is 89.6 cm³/mol. The van der Waals surface area contributed by atoms with Crippen LogP contribution in [0.15, 0.2) is 48.5 Å². The van der Waals surface area contributed by atoms with Gasteiger partial charge in [0.1, 0.15) is 18.1 Å². The summed E-state index contributed by atoms with van der Waals surface area (Å²) in [6.45, 7) is 2.41. The minimum absolute atomic E-state index is 0.0270. The van der Waals surface area contributed by atoms with Crippen molar-refractivity contribution in [2.45, 2.75) is 13.5 Å². The molecule has 0 aromatic heterocycles. The quantitative estimate of drug-likeness (QED) is 0.636.